The molecule has 0 amide bonds. The normalized spacial score (nSPS) is 17.4. The van der Waals surface area contributed by atoms with Crippen molar-refractivity contribution in [2.45, 2.75) is 25.7 Å². The first-order valence-electron chi connectivity index (χ1n) is 5.77. The van der Waals surface area contributed by atoms with Crippen molar-refractivity contribution in [2.75, 3.05) is 20.2 Å². The van der Waals surface area contributed by atoms with Gasteiger partial charge in [0, 0.05) is 10.0 Å². The molecule has 1 aromatic rings. The molecule has 2 rings (SSSR count). The molecular weight excluding hydrogens is 266 g/mol. The maximum atomic E-state index is 5.49. The van der Waals surface area contributed by atoms with Gasteiger partial charge in [0.1, 0.15) is 5.75 Å². The van der Waals surface area contributed by atoms with Crippen LogP contribution in [0.1, 0.15) is 29.9 Å². The number of piperidine rings is 1. The zero-order valence-corrected chi connectivity index (χ0v) is 11.4. The number of hydrogen-bond acceptors (Lipinski definition) is 2. The van der Waals surface area contributed by atoms with Crippen LogP contribution in [0.25, 0.3) is 0 Å². The van der Waals surface area contributed by atoms with E-state index in [9.17, 15) is 0 Å². The third kappa shape index (κ3) is 2.25. The summed E-state index contributed by atoms with van der Waals surface area (Å²) in [5.74, 6) is 1.67. The molecule has 1 N–H and O–H groups in total. The van der Waals surface area contributed by atoms with Gasteiger partial charge in [0.2, 0.25) is 0 Å². The van der Waals surface area contributed by atoms with Crippen LogP contribution in [-0.2, 0) is 0 Å². The Kier molecular flexibility index (Phi) is 3.87. The molecule has 0 radical (unpaired) electrons. The van der Waals surface area contributed by atoms with Crippen molar-refractivity contribution < 1.29 is 4.74 Å². The third-order valence-electron chi connectivity index (χ3n) is 3.38. The van der Waals surface area contributed by atoms with Gasteiger partial charge in [-0.3, -0.25) is 0 Å². The Hall–Kier alpha value is -0.540. The van der Waals surface area contributed by atoms with Crippen molar-refractivity contribution in [3.05, 3.63) is 27.7 Å². The van der Waals surface area contributed by atoms with E-state index in [1.54, 1.807) is 7.11 Å². The molecule has 1 fully saturated rings. The van der Waals surface area contributed by atoms with Crippen molar-refractivity contribution in [1.82, 2.24) is 5.32 Å². The second kappa shape index (κ2) is 5.19. The summed E-state index contributed by atoms with van der Waals surface area (Å²) in [4.78, 5) is 0. The Balaban J connectivity index is 2.39. The summed E-state index contributed by atoms with van der Waals surface area (Å²) in [7, 11) is 1.76. The smallest absolute Gasteiger partial charge is 0.122 e. The fourth-order valence-electron chi connectivity index (χ4n) is 2.47. The number of halogens is 1. The van der Waals surface area contributed by atoms with E-state index in [1.165, 1.54) is 28.4 Å². The van der Waals surface area contributed by atoms with Crippen LogP contribution < -0.4 is 10.1 Å². The number of benzene rings is 1. The molecule has 0 bridgehead atoms. The average molecular weight is 284 g/mol. The van der Waals surface area contributed by atoms with Crippen LogP contribution in [-0.4, -0.2) is 20.2 Å². The van der Waals surface area contributed by atoms with Gasteiger partial charge in [-0.1, -0.05) is 15.9 Å². The molecule has 2 nitrogen and oxygen atoms in total. The highest BCUT2D eigenvalue weighted by atomic mass is 79.9. The topological polar surface area (TPSA) is 21.3 Å². The lowest BCUT2D eigenvalue weighted by Crippen LogP contribution is -2.27. The lowest BCUT2D eigenvalue weighted by atomic mass is 9.87. The van der Waals surface area contributed by atoms with E-state index in [0.29, 0.717) is 5.92 Å². The molecule has 0 spiro atoms. The Morgan fingerprint density at radius 3 is 2.62 bits per heavy atom. The molecule has 16 heavy (non-hydrogen) atoms. The molecule has 3 heteroatoms. The number of nitrogens with one attached hydrogen (secondary N) is 1. The standard InChI is InChI=1S/C13H18BrNO/c1-9-11(14)3-4-12(16-2)13(9)10-5-7-15-8-6-10/h3-4,10,15H,5-8H2,1-2H3. The van der Waals surface area contributed by atoms with E-state index in [1.807, 2.05) is 0 Å². The zero-order valence-electron chi connectivity index (χ0n) is 9.85. The molecule has 0 saturated carbocycles. The lowest BCUT2D eigenvalue weighted by molar-refractivity contribution is 0.390. The first kappa shape index (κ1) is 11.9. The van der Waals surface area contributed by atoms with E-state index in [2.05, 4.69) is 40.3 Å². The predicted molar refractivity (Wildman–Crippen MR) is 70.3 cm³/mol. The van der Waals surface area contributed by atoms with Gasteiger partial charge in [-0.25, -0.2) is 0 Å². The zero-order chi connectivity index (χ0) is 11.5. The first-order valence-corrected chi connectivity index (χ1v) is 6.57. The van der Waals surface area contributed by atoms with Gasteiger partial charge in [0.05, 0.1) is 7.11 Å². The van der Waals surface area contributed by atoms with E-state index in [4.69, 9.17) is 4.74 Å². The maximum Gasteiger partial charge on any atom is 0.122 e. The summed E-state index contributed by atoms with van der Waals surface area (Å²) in [5.41, 5.74) is 2.71. The quantitative estimate of drug-likeness (QED) is 0.900. The minimum atomic E-state index is 0.633. The highest BCUT2D eigenvalue weighted by molar-refractivity contribution is 9.10. The number of methoxy groups -OCH3 is 1. The SMILES string of the molecule is COc1ccc(Br)c(C)c1C1CCNCC1. The first-order chi connectivity index (χ1) is 7.74. The molecule has 1 aliphatic heterocycles. The molecule has 0 aromatic heterocycles. The summed E-state index contributed by atoms with van der Waals surface area (Å²) in [6, 6.07) is 4.13. The van der Waals surface area contributed by atoms with E-state index in [-0.39, 0.29) is 0 Å². The average Bonchev–Trinajstić information content (AvgIpc) is 2.33. The molecular formula is C13H18BrNO. The highest BCUT2D eigenvalue weighted by Gasteiger charge is 2.21. The largest absolute Gasteiger partial charge is 0.496 e. The van der Waals surface area contributed by atoms with Gasteiger partial charge < -0.3 is 10.1 Å². The van der Waals surface area contributed by atoms with E-state index >= 15 is 0 Å². The van der Waals surface area contributed by atoms with Crippen molar-refractivity contribution in [3.63, 3.8) is 0 Å². The van der Waals surface area contributed by atoms with Gasteiger partial charge in [0.15, 0.2) is 0 Å². The molecule has 1 heterocycles. The van der Waals surface area contributed by atoms with Crippen molar-refractivity contribution in [3.8, 4) is 5.75 Å². The van der Waals surface area contributed by atoms with Crippen molar-refractivity contribution in [2.24, 2.45) is 0 Å². The summed E-state index contributed by atoms with van der Waals surface area (Å²) in [6.45, 7) is 4.39. The van der Waals surface area contributed by atoms with Crippen LogP contribution in [0, 0.1) is 6.92 Å². The van der Waals surface area contributed by atoms with Crippen LogP contribution in [0.2, 0.25) is 0 Å². The van der Waals surface area contributed by atoms with Gasteiger partial charge in [-0.15, -0.1) is 0 Å². The Labute approximate surface area is 106 Å². The molecule has 1 aliphatic rings. The Morgan fingerprint density at radius 2 is 2.00 bits per heavy atom. The van der Waals surface area contributed by atoms with Crippen LogP contribution in [0.15, 0.2) is 16.6 Å². The monoisotopic (exact) mass is 283 g/mol. The van der Waals surface area contributed by atoms with Crippen LogP contribution in [0.3, 0.4) is 0 Å². The minimum absolute atomic E-state index is 0.633. The maximum absolute atomic E-state index is 5.49. The molecule has 1 saturated heterocycles. The van der Waals surface area contributed by atoms with Crippen LogP contribution in [0.5, 0.6) is 5.75 Å². The molecule has 0 unspecified atom stereocenters. The third-order valence-corrected chi connectivity index (χ3v) is 4.24. The van der Waals surface area contributed by atoms with E-state index < -0.39 is 0 Å². The molecule has 1 aromatic carbocycles. The Morgan fingerprint density at radius 1 is 1.31 bits per heavy atom. The van der Waals surface area contributed by atoms with Crippen LogP contribution in [0.4, 0.5) is 0 Å². The van der Waals surface area contributed by atoms with Crippen LogP contribution >= 0.6 is 15.9 Å². The Bertz CT molecular complexity index is 372. The molecule has 0 aliphatic carbocycles. The van der Waals surface area contributed by atoms with Gasteiger partial charge >= 0.3 is 0 Å². The predicted octanol–water partition coefficient (Wildman–Crippen LogP) is 3.23. The minimum Gasteiger partial charge on any atom is -0.496 e. The highest BCUT2D eigenvalue weighted by Crippen LogP contribution is 2.37. The molecule has 88 valence electrons. The van der Waals surface area contributed by atoms with Gasteiger partial charge in [-0.2, -0.15) is 0 Å². The fraction of sp³-hybridized carbons (Fsp3) is 0.538. The summed E-state index contributed by atoms with van der Waals surface area (Å²) < 4.78 is 6.68. The molecule has 0 atom stereocenters. The van der Waals surface area contributed by atoms with Crippen molar-refractivity contribution in [1.29, 1.82) is 0 Å². The summed E-state index contributed by atoms with van der Waals surface area (Å²) >= 11 is 3.60. The van der Waals surface area contributed by atoms with Gasteiger partial charge in [-0.05, 0) is 56.5 Å². The number of ether oxygens (including phenoxy) is 1. The number of hydrogen-bond donors (Lipinski definition) is 1. The van der Waals surface area contributed by atoms with Gasteiger partial charge in [0.25, 0.3) is 0 Å². The summed E-state index contributed by atoms with van der Waals surface area (Å²) in [6.07, 6.45) is 2.40. The summed E-state index contributed by atoms with van der Waals surface area (Å²) in [5, 5.41) is 3.40. The second-order valence-electron chi connectivity index (χ2n) is 4.31. The number of rotatable bonds is 2. The van der Waals surface area contributed by atoms with E-state index in [0.717, 1.165) is 18.8 Å². The second-order valence-corrected chi connectivity index (χ2v) is 5.17. The van der Waals surface area contributed by atoms with Crippen molar-refractivity contribution >= 4 is 15.9 Å². The lowest BCUT2D eigenvalue weighted by Gasteiger charge is -2.26. The fourth-order valence-corrected chi connectivity index (χ4v) is 2.82.